The minimum absolute atomic E-state index is 0.0188. The van der Waals surface area contributed by atoms with Gasteiger partial charge in [-0.1, -0.05) is 29.8 Å². The number of nitrogens with zero attached hydrogens (tertiary/aromatic N) is 1. The first-order valence-corrected chi connectivity index (χ1v) is 9.66. The number of sulfonamides is 1. The molecular formula is C17H20BrFN2O2S. The summed E-state index contributed by atoms with van der Waals surface area (Å²) in [5, 5.41) is 0. The van der Waals surface area contributed by atoms with Crippen LogP contribution in [0, 0.1) is 12.7 Å². The van der Waals surface area contributed by atoms with Crippen LogP contribution in [0.3, 0.4) is 0 Å². The highest BCUT2D eigenvalue weighted by molar-refractivity contribution is 9.10. The molecule has 1 N–H and O–H groups in total. The number of rotatable bonds is 6. The lowest BCUT2D eigenvalue weighted by molar-refractivity contribution is 0.299. The van der Waals surface area contributed by atoms with Crippen molar-refractivity contribution < 1.29 is 12.8 Å². The first-order valence-electron chi connectivity index (χ1n) is 7.38. The van der Waals surface area contributed by atoms with E-state index in [0.29, 0.717) is 0 Å². The van der Waals surface area contributed by atoms with Crippen molar-refractivity contribution in [2.75, 3.05) is 20.6 Å². The third kappa shape index (κ3) is 4.63. The molecule has 0 aliphatic rings. The summed E-state index contributed by atoms with van der Waals surface area (Å²) in [6, 6.07) is 11.4. The lowest BCUT2D eigenvalue weighted by Crippen LogP contribution is -2.34. The van der Waals surface area contributed by atoms with Crippen LogP contribution < -0.4 is 4.72 Å². The molecule has 0 saturated carbocycles. The highest BCUT2D eigenvalue weighted by atomic mass is 79.9. The second kappa shape index (κ2) is 7.74. The van der Waals surface area contributed by atoms with E-state index >= 15 is 0 Å². The fourth-order valence-corrected chi connectivity index (χ4v) is 4.43. The molecule has 0 saturated heterocycles. The average molecular weight is 415 g/mol. The normalized spacial score (nSPS) is 13.2. The Balaban J connectivity index is 2.20. The molecular weight excluding hydrogens is 395 g/mol. The van der Waals surface area contributed by atoms with Crippen molar-refractivity contribution in [2.24, 2.45) is 0 Å². The Kier molecular flexibility index (Phi) is 6.14. The predicted octanol–water partition coefficient (Wildman–Crippen LogP) is 3.48. The predicted molar refractivity (Wildman–Crippen MR) is 96.9 cm³/mol. The topological polar surface area (TPSA) is 49.4 Å². The van der Waals surface area contributed by atoms with Crippen LogP contribution in [0.25, 0.3) is 0 Å². The summed E-state index contributed by atoms with van der Waals surface area (Å²) in [6.07, 6.45) is 0. The summed E-state index contributed by atoms with van der Waals surface area (Å²) in [6.45, 7) is 2.21. The average Bonchev–Trinajstić information content (AvgIpc) is 2.48. The molecule has 24 heavy (non-hydrogen) atoms. The van der Waals surface area contributed by atoms with Crippen LogP contribution in [0.5, 0.6) is 0 Å². The standard InChI is InChI=1S/C17H20BrFN2O2S/c1-12-4-6-13(7-5-12)16(21(2)3)11-20-24(22,23)17-9-8-14(19)10-15(17)18/h4-10,16,20H,11H2,1-3H3/t16-/m0/s1. The number of likely N-dealkylation sites (N-methyl/N-ethyl adjacent to an activating group) is 1. The van der Waals surface area contributed by atoms with Gasteiger partial charge in [0.1, 0.15) is 5.82 Å². The molecule has 0 spiro atoms. The highest BCUT2D eigenvalue weighted by Gasteiger charge is 2.21. The van der Waals surface area contributed by atoms with E-state index in [1.165, 1.54) is 6.07 Å². The number of hydrogen-bond donors (Lipinski definition) is 1. The molecule has 0 heterocycles. The van der Waals surface area contributed by atoms with Gasteiger partial charge in [-0.3, -0.25) is 0 Å². The number of nitrogens with one attached hydrogen (secondary N) is 1. The zero-order chi connectivity index (χ0) is 17.9. The van der Waals surface area contributed by atoms with E-state index in [0.717, 1.165) is 23.3 Å². The number of aryl methyl sites for hydroxylation is 1. The summed E-state index contributed by atoms with van der Waals surface area (Å²) in [7, 11) is 0.0483. The molecule has 4 nitrogen and oxygen atoms in total. The second-order valence-electron chi connectivity index (χ2n) is 5.82. The van der Waals surface area contributed by atoms with E-state index in [2.05, 4.69) is 20.7 Å². The van der Waals surface area contributed by atoms with Crippen LogP contribution in [-0.4, -0.2) is 34.0 Å². The van der Waals surface area contributed by atoms with Crippen molar-refractivity contribution in [3.63, 3.8) is 0 Å². The molecule has 2 aromatic rings. The van der Waals surface area contributed by atoms with E-state index in [1.54, 1.807) is 0 Å². The van der Waals surface area contributed by atoms with Crippen molar-refractivity contribution in [1.29, 1.82) is 0 Å². The summed E-state index contributed by atoms with van der Waals surface area (Å²) in [4.78, 5) is 1.97. The van der Waals surface area contributed by atoms with E-state index in [-0.39, 0.29) is 22.0 Å². The van der Waals surface area contributed by atoms with Crippen LogP contribution in [0.15, 0.2) is 51.8 Å². The van der Waals surface area contributed by atoms with Gasteiger partial charge in [0.25, 0.3) is 0 Å². The van der Waals surface area contributed by atoms with E-state index in [4.69, 9.17) is 0 Å². The van der Waals surface area contributed by atoms with E-state index in [9.17, 15) is 12.8 Å². The fraction of sp³-hybridized carbons (Fsp3) is 0.294. The van der Waals surface area contributed by atoms with Gasteiger partial charge in [0, 0.05) is 17.1 Å². The Labute approximate surface area is 150 Å². The Hall–Kier alpha value is -1.28. The zero-order valence-corrected chi connectivity index (χ0v) is 16.2. The van der Waals surface area contributed by atoms with E-state index in [1.807, 2.05) is 50.2 Å². The van der Waals surface area contributed by atoms with Gasteiger partial charge >= 0.3 is 0 Å². The molecule has 0 radical (unpaired) electrons. The SMILES string of the molecule is Cc1ccc([C@H](CNS(=O)(=O)c2ccc(F)cc2Br)N(C)C)cc1. The van der Waals surface area contributed by atoms with Crippen molar-refractivity contribution in [1.82, 2.24) is 9.62 Å². The molecule has 7 heteroatoms. The third-order valence-electron chi connectivity index (χ3n) is 3.74. The quantitative estimate of drug-likeness (QED) is 0.786. The minimum Gasteiger partial charge on any atom is -0.301 e. The number of halogens is 2. The number of benzene rings is 2. The van der Waals surface area contributed by atoms with Gasteiger partial charge < -0.3 is 4.90 Å². The number of hydrogen-bond acceptors (Lipinski definition) is 3. The largest absolute Gasteiger partial charge is 0.301 e. The maximum atomic E-state index is 13.2. The maximum absolute atomic E-state index is 13.2. The fourth-order valence-electron chi connectivity index (χ4n) is 2.35. The molecule has 130 valence electrons. The summed E-state index contributed by atoms with van der Waals surface area (Å²) < 4.78 is 41.0. The van der Waals surface area contributed by atoms with Crippen LogP contribution in [0.1, 0.15) is 17.2 Å². The van der Waals surface area contributed by atoms with Crippen molar-refractivity contribution >= 4 is 26.0 Å². The molecule has 0 amide bonds. The Morgan fingerprint density at radius 2 is 1.79 bits per heavy atom. The van der Waals surface area contributed by atoms with Crippen LogP contribution >= 0.6 is 15.9 Å². The molecule has 0 unspecified atom stereocenters. The minimum atomic E-state index is -3.74. The van der Waals surface area contributed by atoms with Gasteiger partial charge in [0.15, 0.2) is 0 Å². The molecule has 0 aromatic heterocycles. The molecule has 0 aliphatic carbocycles. The summed E-state index contributed by atoms with van der Waals surface area (Å²) >= 11 is 3.10. The van der Waals surface area contributed by atoms with Gasteiger partial charge in [-0.25, -0.2) is 17.5 Å². The summed E-state index contributed by atoms with van der Waals surface area (Å²) in [5.41, 5.74) is 2.17. The van der Waals surface area contributed by atoms with Gasteiger partial charge in [-0.15, -0.1) is 0 Å². The van der Waals surface area contributed by atoms with Crippen LogP contribution in [0.4, 0.5) is 4.39 Å². The Morgan fingerprint density at radius 3 is 2.33 bits per heavy atom. The molecule has 0 bridgehead atoms. The molecule has 2 rings (SSSR count). The lowest BCUT2D eigenvalue weighted by Gasteiger charge is -2.25. The van der Waals surface area contributed by atoms with Gasteiger partial charge in [0.05, 0.1) is 4.90 Å². The van der Waals surface area contributed by atoms with Crippen LogP contribution in [-0.2, 0) is 10.0 Å². The van der Waals surface area contributed by atoms with E-state index < -0.39 is 15.8 Å². The highest BCUT2D eigenvalue weighted by Crippen LogP contribution is 2.24. The van der Waals surface area contributed by atoms with Crippen molar-refractivity contribution in [3.8, 4) is 0 Å². The Morgan fingerprint density at radius 1 is 1.17 bits per heavy atom. The maximum Gasteiger partial charge on any atom is 0.241 e. The second-order valence-corrected chi connectivity index (χ2v) is 8.41. The molecule has 0 fully saturated rings. The van der Waals surface area contributed by atoms with Crippen LogP contribution in [0.2, 0.25) is 0 Å². The zero-order valence-electron chi connectivity index (χ0n) is 13.8. The summed E-state index contributed by atoms with van der Waals surface area (Å²) in [5.74, 6) is -0.494. The molecule has 2 aromatic carbocycles. The van der Waals surface area contributed by atoms with Gasteiger partial charge in [-0.2, -0.15) is 0 Å². The smallest absolute Gasteiger partial charge is 0.241 e. The van der Waals surface area contributed by atoms with Crippen molar-refractivity contribution in [2.45, 2.75) is 17.9 Å². The lowest BCUT2D eigenvalue weighted by atomic mass is 10.0. The molecule has 1 atom stereocenters. The Bertz CT molecular complexity index is 808. The molecule has 0 aliphatic heterocycles. The third-order valence-corrected chi connectivity index (χ3v) is 6.14. The monoisotopic (exact) mass is 414 g/mol. The van der Waals surface area contributed by atoms with Gasteiger partial charge in [-0.05, 0) is 60.7 Å². The first-order chi connectivity index (χ1) is 11.2. The van der Waals surface area contributed by atoms with Gasteiger partial charge in [0.2, 0.25) is 10.0 Å². The van der Waals surface area contributed by atoms with Crippen molar-refractivity contribution in [3.05, 3.63) is 63.9 Å². The first kappa shape index (κ1) is 19.1.